The molecule has 0 aliphatic carbocycles. The molecule has 1 heterocycles. The molecule has 1 atom stereocenters. The fourth-order valence-electron chi connectivity index (χ4n) is 2.94. The molecule has 0 aromatic heterocycles. The second-order valence-corrected chi connectivity index (χ2v) is 6.93. The smallest absolute Gasteiger partial charge is 0.338 e. The summed E-state index contributed by atoms with van der Waals surface area (Å²) in [6.45, 7) is 3.55. The van der Waals surface area contributed by atoms with E-state index in [-0.39, 0.29) is 24.6 Å². The first-order valence-electron chi connectivity index (χ1n) is 9.65. The minimum atomic E-state index is -1.00. The van der Waals surface area contributed by atoms with E-state index >= 15 is 0 Å². The fourth-order valence-corrected chi connectivity index (χ4v) is 2.94. The van der Waals surface area contributed by atoms with Gasteiger partial charge in [-0.25, -0.2) is 9.59 Å². The summed E-state index contributed by atoms with van der Waals surface area (Å²) in [5.74, 6) is -1.44. The Balaban J connectivity index is 1.59. The Morgan fingerprint density at radius 1 is 1.13 bits per heavy atom. The molecule has 8 nitrogen and oxygen atoms in total. The predicted molar refractivity (Wildman–Crippen MR) is 110 cm³/mol. The van der Waals surface area contributed by atoms with Gasteiger partial charge in [0.15, 0.2) is 6.10 Å². The minimum Gasteiger partial charge on any atom is -0.449 e. The predicted octanol–water partition coefficient (Wildman–Crippen LogP) is 2.48. The van der Waals surface area contributed by atoms with E-state index in [1.165, 1.54) is 13.0 Å². The Kier molecular flexibility index (Phi) is 6.46. The Bertz CT molecular complexity index is 955. The maximum absolute atomic E-state index is 12.5. The Morgan fingerprint density at radius 2 is 1.87 bits per heavy atom. The third-order valence-corrected chi connectivity index (χ3v) is 4.72. The van der Waals surface area contributed by atoms with Gasteiger partial charge in [0, 0.05) is 5.69 Å². The minimum absolute atomic E-state index is 0.0334. The number of imide groups is 1. The van der Waals surface area contributed by atoms with Crippen LogP contribution >= 0.6 is 0 Å². The number of carbonyl (C=O) groups excluding carboxylic acids is 4. The summed E-state index contributed by atoms with van der Waals surface area (Å²) < 4.78 is 5.27. The number of hydrogen-bond donors (Lipinski definition) is 2. The molecule has 2 aromatic carbocycles. The van der Waals surface area contributed by atoms with Crippen molar-refractivity contribution in [2.45, 2.75) is 32.9 Å². The lowest BCUT2D eigenvalue weighted by Crippen LogP contribution is -2.31. The van der Waals surface area contributed by atoms with Crippen LogP contribution in [-0.2, 0) is 27.3 Å². The summed E-state index contributed by atoms with van der Waals surface area (Å²) in [5.41, 5.74) is 2.60. The van der Waals surface area contributed by atoms with E-state index in [2.05, 4.69) is 10.6 Å². The Morgan fingerprint density at radius 3 is 2.50 bits per heavy atom. The molecule has 4 amide bonds. The molecule has 2 aromatic rings. The van der Waals surface area contributed by atoms with Gasteiger partial charge >= 0.3 is 12.0 Å². The highest BCUT2D eigenvalue weighted by atomic mass is 16.5. The van der Waals surface area contributed by atoms with Crippen molar-refractivity contribution >= 4 is 29.5 Å². The molecule has 1 aliphatic heterocycles. The van der Waals surface area contributed by atoms with Crippen molar-refractivity contribution in [3.63, 3.8) is 0 Å². The summed E-state index contributed by atoms with van der Waals surface area (Å²) in [6.07, 6.45) is -0.101. The summed E-state index contributed by atoms with van der Waals surface area (Å²) >= 11 is 0. The van der Waals surface area contributed by atoms with Gasteiger partial charge in [-0.05, 0) is 48.7 Å². The number of amides is 4. The van der Waals surface area contributed by atoms with E-state index in [1.54, 1.807) is 30.3 Å². The third-order valence-electron chi connectivity index (χ3n) is 4.72. The zero-order valence-electron chi connectivity index (χ0n) is 16.8. The number of rotatable bonds is 7. The summed E-state index contributed by atoms with van der Waals surface area (Å²) in [4.78, 5) is 49.2. The number of nitrogens with zero attached hydrogens (tertiary/aromatic N) is 1. The van der Waals surface area contributed by atoms with Crippen LogP contribution in [0.4, 0.5) is 10.5 Å². The Hall–Kier alpha value is -3.68. The van der Waals surface area contributed by atoms with Crippen molar-refractivity contribution in [2.24, 2.45) is 0 Å². The highest BCUT2D eigenvalue weighted by Crippen LogP contribution is 2.14. The average molecular weight is 409 g/mol. The summed E-state index contributed by atoms with van der Waals surface area (Å²) in [5, 5.41) is 5.16. The number of esters is 1. The zero-order chi connectivity index (χ0) is 21.7. The molecule has 0 saturated carbocycles. The van der Waals surface area contributed by atoms with Crippen molar-refractivity contribution in [3.05, 3.63) is 65.2 Å². The van der Waals surface area contributed by atoms with Gasteiger partial charge in [0.05, 0.1) is 18.7 Å². The van der Waals surface area contributed by atoms with Crippen molar-refractivity contribution < 1.29 is 23.9 Å². The topological polar surface area (TPSA) is 105 Å². The van der Waals surface area contributed by atoms with E-state index in [1.807, 2.05) is 19.1 Å². The number of urea groups is 1. The van der Waals surface area contributed by atoms with Crippen LogP contribution in [0.1, 0.15) is 35.3 Å². The molecule has 3 rings (SSSR count). The molecule has 156 valence electrons. The molecule has 0 radical (unpaired) electrons. The normalized spacial score (nSPS) is 14.3. The monoisotopic (exact) mass is 409 g/mol. The van der Waals surface area contributed by atoms with Gasteiger partial charge < -0.3 is 15.4 Å². The largest absolute Gasteiger partial charge is 0.449 e. The van der Waals surface area contributed by atoms with E-state index < -0.39 is 24.0 Å². The highest BCUT2D eigenvalue weighted by Gasteiger charge is 2.28. The van der Waals surface area contributed by atoms with Gasteiger partial charge in [0.25, 0.3) is 5.91 Å². The molecule has 1 aliphatic rings. The third kappa shape index (κ3) is 5.02. The molecule has 1 saturated heterocycles. The zero-order valence-corrected chi connectivity index (χ0v) is 16.8. The number of carbonyl (C=O) groups is 4. The van der Waals surface area contributed by atoms with Gasteiger partial charge in [-0.1, -0.05) is 31.2 Å². The van der Waals surface area contributed by atoms with Crippen molar-refractivity contribution in [1.82, 2.24) is 10.2 Å². The van der Waals surface area contributed by atoms with Crippen molar-refractivity contribution in [2.75, 3.05) is 11.9 Å². The van der Waals surface area contributed by atoms with E-state index in [0.29, 0.717) is 11.3 Å². The van der Waals surface area contributed by atoms with Gasteiger partial charge in [-0.15, -0.1) is 0 Å². The van der Waals surface area contributed by atoms with Gasteiger partial charge in [0.1, 0.15) is 0 Å². The SMILES string of the molecule is CCc1ccc(NC(=O)C(C)OC(=O)c2cccc(CN3C(=O)CNC3=O)c2)cc1. The lowest BCUT2D eigenvalue weighted by molar-refractivity contribution is -0.125. The maximum Gasteiger partial charge on any atom is 0.338 e. The van der Waals surface area contributed by atoms with Crippen LogP contribution in [0, 0.1) is 0 Å². The van der Waals surface area contributed by atoms with Crippen LogP contribution in [-0.4, -0.2) is 41.4 Å². The van der Waals surface area contributed by atoms with Crippen LogP contribution < -0.4 is 10.6 Å². The molecule has 30 heavy (non-hydrogen) atoms. The first-order valence-corrected chi connectivity index (χ1v) is 9.65. The van der Waals surface area contributed by atoms with E-state index in [0.717, 1.165) is 16.9 Å². The van der Waals surface area contributed by atoms with Crippen LogP contribution in [0.2, 0.25) is 0 Å². The Labute approximate surface area is 174 Å². The second kappa shape index (κ2) is 9.21. The van der Waals surface area contributed by atoms with Crippen LogP contribution in [0.5, 0.6) is 0 Å². The van der Waals surface area contributed by atoms with Gasteiger partial charge in [0.2, 0.25) is 5.91 Å². The maximum atomic E-state index is 12.5. The first kappa shape index (κ1) is 21.0. The lowest BCUT2D eigenvalue weighted by Gasteiger charge is -2.15. The molecule has 0 spiro atoms. The van der Waals surface area contributed by atoms with Crippen molar-refractivity contribution in [1.29, 1.82) is 0 Å². The standard InChI is InChI=1S/C22H23N3O5/c1-3-15-7-9-18(10-8-15)24-20(27)14(2)30-21(28)17-6-4-5-16(11-17)13-25-19(26)12-23-22(25)29/h4-11,14H,3,12-13H2,1-2H3,(H,23,29)(H,24,27). The highest BCUT2D eigenvalue weighted by molar-refractivity contribution is 6.02. The fraction of sp³-hybridized carbons (Fsp3) is 0.273. The molecular formula is C22H23N3O5. The van der Waals surface area contributed by atoms with Crippen LogP contribution in [0.3, 0.4) is 0 Å². The van der Waals surface area contributed by atoms with Crippen LogP contribution in [0.25, 0.3) is 0 Å². The number of hydrogen-bond acceptors (Lipinski definition) is 5. The average Bonchev–Trinajstić information content (AvgIpc) is 3.06. The van der Waals surface area contributed by atoms with E-state index in [9.17, 15) is 19.2 Å². The van der Waals surface area contributed by atoms with Crippen molar-refractivity contribution in [3.8, 4) is 0 Å². The summed E-state index contributed by atoms with van der Waals surface area (Å²) in [7, 11) is 0. The molecule has 8 heteroatoms. The van der Waals surface area contributed by atoms with Gasteiger partial charge in [-0.3, -0.25) is 14.5 Å². The first-order chi connectivity index (χ1) is 14.4. The quantitative estimate of drug-likeness (QED) is 0.540. The molecule has 2 N–H and O–H groups in total. The van der Waals surface area contributed by atoms with E-state index in [4.69, 9.17) is 4.74 Å². The number of ether oxygens (including phenoxy) is 1. The number of nitrogens with one attached hydrogen (secondary N) is 2. The number of aryl methyl sites for hydroxylation is 1. The van der Waals surface area contributed by atoms with Crippen LogP contribution in [0.15, 0.2) is 48.5 Å². The molecule has 1 fully saturated rings. The van der Waals surface area contributed by atoms with Gasteiger partial charge in [-0.2, -0.15) is 0 Å². The number of benzene rings is 2. The molecular weight excluding hydrogens is 386 g/mol. The lowest BCUT2D eigenvalue weighted by atomic mass is 10.1. The molecule has 1 unspecified atom stereocenters. The summed E-state index contributed by atoms with van der Waals surface area (Å²) in [6, 6.07) is 13.4. The second-order valence-electron chi connectivity index (χ2n) is 6.93. The number of anilines is 1. The molecule has 0 bridgehead atoms.